The molecule has 2 rings (SSSR count). The molecule has 21 heavy (non-hydrogen) atoms. The van der Waals surface area contributed by atoms with Crippen LogP contribution in [0.25, 0.3) is 5.70 Å². The van der Waals surface area contributed by atoms with Crippen LogP contribution in [0.15, 0.2) is 24.3 Å². The molecule has 1 atom stereocenters. The van der Waals surface area contributed by atoms with E-state index in [1.807, 2.05) is 30.2 Å². The fourth-order valence-corrected chi connectivity index (χ4v) is 3.28. The number of carbonyl (C=O) groups excluding carboxylic acids is 1. The number of nitrogens with zero attached hydrogens (tertiary/aromatic N) is 1. The summed E-state index contributed by atoms with van der Waals surface area (Å²) in [6, 6.07) is 6.08. The van der Waals surface area contributed by atoms with Crippen molar-refractivity contribution >= 4 is 46.0 Å². The van der Waals surface area contributed by atoms with Gasteiger partial charge in [0.25, 0.3) is 0 Å². The van der Waals surface area contributed by atoms with Crippen molar-refractivity contribution in [3.63, 3.8) is 0 Å². The van der Waals surface area contributed by atoms with Crippen molar-refractivity contribution < 1.29 is 9.53 Å². The van der Waals surface area contributed by atoms with Crippen molar-refractivity contribution in [2.75, 3.05) is 18.7 Å². The molecule has 0 saturated carbocycles. The van der Waals surface area contributed by atoms with Crippen LogP contribution < -0.4 is 4.74 Å². The van der Waals surface area contributed by atoms with E-state index in [9.17, 15) is 4.79 Å². The van der Waals surface area contributed by atoms with Crippen LogP contribution in [0.2, 0.25) is 0 Å². The number of benzene rings is 1. The highest BCUT2D eigenvalue weighted by Crippen LogP contribution is 2.32. The molecule has 0 N–H and O–H groups in total. The summed E-state index contributed by atoms with van der Waals surface area (Å²) in [6.07, 6.45) is 4.99. The Balaban J connectivity index is 2.30. The average molecular weight is 417 g/mol. The average Bonchev–Trinajstić information content (AvgIpc) is 2.48. The SMILES string of the molecule is CCN1C(=O)C(I)CC=C1c1ccc(OCSC)cc1C. The molecule has 1 aliphatic rings. The topological polar surface area (TPSA) is 29.5 Å². The van der Waals surface area contributed by atoms with Gasteiger partial charge in [0, 0.05) is 17.8 Å². The van der Waals surface area contributed by atoms with E-state index in [2.05, 4.69) is 41.7 Å². The Morgan fingerprint density at radius 1 is 1.48 bits per heavy atom. The highest BCUT2D eigenvalue weighted by Gasteiger charge is 2.28. The molecule has 1 heterocycles. The predicted molar refractivity (Wildman–Crippen MR) is 98.0 cm³/mol. The summed E-state index contributed by atoms with van der Waals surface area (Å²) in [7, 11) is 0. The van der Waals surface area contributed by atoms with E-state index in [-0.39, 0.29) is 9.83 Å². The summed E-state index contributed by atoms with van der Waals surface area (Å²) in [5, 5.41) is 0. The van der Waals surface area contributed by atoms with Gasteiger partial charge in [-0.2, -0.15) is 0 Å². The minimum absolute atomic E-state index is 0.0517. The van der Waals surface area contributed by atoms with Crippen LogP contribution in [0.3, 0.4) is 0 Å². The van der Waals surface area contributed by atoms with Gasteiger partial charge in [0.15, 0.2) is 0 Å². The first-order chi connectivity index (χ1) is 10.1. The molecule has 0 aliphatic carbocycles. The van der Waals surface area contributed by atoms with E-state index < -0.39 is 0 Å². The molecule has 0 aromatic heterocycles. The zero-order valence-corrected chi connectivity index (χ0v) is 15.5. The normalized spacial score (nSPS) is 18.7. The molecule has 1 aromatic rings. The monoisotopic (exact) mass is 417 g/mol. The maximum atomic E-state index is 12.3. The van der Waals surface area contributed by atoms with Crippen LogP contribution in [0.1, 0.15) is 24.5 Å². The number of ether oxygens (including phenoxy) is 1. The quantitative estimate of drug-likeness (QED) is 0.411. The number of hydrogen-bond donors (Lipinski definition) is 0. The van der Waals surface area contributed by atoms with Crippen molar-refractivity contribution in [1.29, 1.82) is 0 Å². The Kier molecular flexibility index (Phi) is 5.98. The van der Waals surface area contributed by atoms with Gasteiger partial charge in [-0.3, -0.25) is 4.79 Å². The number of allylic oxidation sites excluding steroid dienone is 1. The van der Waals surface area contributed by atoms with Crippen LogP contribution in [0.4, 0.5) is 0 Å². The predicted octanol–water partition coefficient (Wildman–Crippen LogP) is 4.09. The van der Waals surface area contributed by atoms with Crippen LogP contribution in [-0.4, -0.2) is 33.5 Å². The number of aryl methyl sites for hydroxylation is 1. The van der Waals surface area contributed by atoms with E-state index in [0.29, 0.717) is 12.5 Å². The summed E-state index contributed by atoms with van der Waals surface area (Å²) in [4.78, 5) is 14.2. The lowest BCUT2D eigenvalue weighted by Gasteiger charge is -2.31. The Bertz CT molecular complexity index is 559. The van der Waals surface area contributed by atoms with Gasteiger partial charge in [0.1, 0.15) is 11.7 Å². The van der Waals surface area contributed by atoms with Crippen LogP contribution in [0.5, 0.6) is 5.75 Å². The first kappa shape index (κ1) is 16.7. The van der Waals surface area contributed by atoms with Gasteiger partial charge < -0.3 is 9.64 Å². The van der Waals surface area contributed by atoms with E-state index in [1.165, 1.54) is 0 Å². The Labute approximate surface area is 144 Å². The molecule has 0 spiro atoms. The third-order valence-corrected chi connectivity index (χ3v) is 4.87. The van der Waals surface area contributed by atoms with E-state index in [0.717, 1.165) is 29.0 Å². The number of halogens is 1. The maximum absolute atomic E-state index is 12.3. The number of carbonyl (C=O) groups is 1. The van der Waals surface area contributed by atoms with Crippen molar-refractivity contribution in [3.05, 3.63) is 35.4 Å². The fourth-order valence-electron chi connectivity index (χ4n) is 2.44. The second kappa shape index (κ2) is 7.54. The van der Waals surface area contributed by atoms with E-state index in [4.69, 9.17) is 4.74 Å². The molecule has 1 aromatic carbocycles. The van der Waals surface area contributed by atoms with Gasteiger partial charge in [0.05, 0.1) is 3.92 Å². The zero-order valence-electron chi connectivity index (χ0n) is 12.6. The lowest BCUT2D eigenvalue weighted by molar-refractivity contribution is -0.127. The molecule has 3 nitrogen and oxygen atoms in total. The lowest BCUT2D eigenvalue weighted by Crippen LogP contribution is -2.38. The molecule has 0 saturated heterocycles. The zero-order chi connectivity index (χ0) is 15.4. The number of alkyl halides is 1. The first-order valence-electron chi connectivity index (χ1n) is 6.96. The largest absolute Gasteiger partial charge is 0.483 e. The second-order valence-corrected chi connectivity index (χ2v) is 7.22. The molecule has 0 radical (unpaired) electrons. The maximum Gasteiger partial charge on any atom is 0.240 e. The van der Waals surface area contributed by atoms with Crippen LogP contribution >= 0.6 is 34.4 Å². The fraction of sp³-hybridized carbons (Fsp3) is 0.438. The van der Waals surface area contributed by atoms with Crippen molar-refractivity contribution in [2.24, 2.45) is 0 Å². The molecule has 0 fully saturated rings. The van der Waals surface area contributed by atoms with Gasteiger partial charge in [-0.15, -0.1) is 11.8 Å². The lowest BCUT2D eigenvalue weighted by atomic mass is 10.00. The number of amides is 1. The molecule has 114 valence electrons. The summed E-state index contributed by atoms with van der Waals surface area (Å²) in [6.45, 7) is 4.79. The van der Waals surface area contributed by atoms with Crippen molar-refractivity contribution in [1.82, 2.24) is 4.90 Å². The Morgan fingerprint density at radius 2 is 2.24 bits per heavy atom. The van der Waals surface area contributed by atoms with Crippen molar-refractivity contribution in [2.45, 2.75) is 24.2 Å². The third kappa shape index (κ3) is 3.74. The Morgan fingerprint density at radius 3 is 2.86 bits per heavy atom. The van der Waals surface area contributed by atoms with E-state index >= 15 is 0 Å². The molecule has 1 aliphatic heterocycles. The second-order valence-electron chi connectivity index (χ2n) is 4.90. The van der Waals surface area contributed by atoms with Gasteiger partial charge >= 0.3 is 0 Å². The highest BCUT2D eigenvalue weighted by molar-refractivity contribution is 14.1. The number of hydrogen-bond acceptors (Lipinski definition) is 3. The number of rotatable bonds is 5. The molecule has 1 amide bonds. The van der Waals surface area contributed by atoms with E-state index in [1.54, 1.807) is 11.8 Å². The molecular weight excluding hydrogens is 397 g/mol. The summed E-state index contributed by atoms with van der Waals surface area (Å²) in [5.41, 5.74) is 3.28. The first-order valence-corrected chi connectivity index (χ1v) is 9.60. The van der Waals surface area contributed by atoms with Crippen LogP contribution in [-0.2, 0) is 4.79 Å². The van der Waals surface area contributed by atoms with Gasteiger partial charge in [-0.05, 0) is 50.3 Å². The molecule has 1 unspecified atom stereocenters. The minimum Gasteiger partial charge on any atom is -0.483 e. The summed E-state index contributed by atoms with van der Waals surface area (Å²) in [5.74, 6) is 1.73. The number of thioether (sulfide) groups is 1. The molecule has 0 bridgehead atoms. The van der Waals surface area contributed by atoms with Gasteiger partial charge in [-0.1, -0.05) is 28.7 Å². The van der Waals surface area contributed by atoms with Crippen molar-refractivity contribution in [3.8, 4) is 5.75 Å². The van der Waals surface area contributed by atoms with Crippen LogP contribution in [0, 0.1) is 6.92 Å². The third-order valence-electron chi connectivity index (χ3n) is 3.48. The molecule has 5 heteroatoms. The van der Waals surface area contributed by atoms with Gasteiger partial charge in [0.2, 0.25) is 5.91 Å². The summed E-state index contributed by atoms with van der Waals surface area (Å²) >= 11 is 3.87. The molecular formula is C16H20INO2S. The minimum atomic E-state index is 0.0517. The standard InChI is InChI=1S/C16H20INO2S/c1-4-18-15(8-7-14(17)16(18)19)13-6-5-12(9-11(13)2)20-10-21-3/h5-6,8-9,14H,4,7,10H2,1-3H3. The summed E-state index contributed by atoms with van der Waals surface area (Å²) < 4.78 is 5.68. The van der Waals surface area contributed by atoms with Gasteiger partial charge in [-0.25, -0.2) is 0 Å². The highest BCUT2D eigenvalue weighted by atomic mass is 127. The smallest absolute Gasteiger partial charge is 0.240 e. The Hall–Kier alpha value is -0.690.